The van der Waals surface area contributed by atoms with E-state index in [1.807, 2.05) is 11.3 Å². The monoisotopic (exact) mass is 278 g/mol. The fourth-order valence-electron chi connectivity index (χ4n) is 4.59. The summed E-state index contributed by atoms with van der Waals surface area (Å²) in [6, 6.07) is 2.88. The number of nitrogens with zero attached hydrogens (tertiary/aromatic N) is 1. The van der Waals surface area contributed by atoms with Crippen LogP contribution in [0.25, 0.3) is 0 Å². The molecule has 3 atom stereocenters. The van der Waals surface area contributed by atoms with E-state index < -0.39 is 0 Å². The SMILES string of the molecule is CCC1CCCC1(CN)N1CCc2sccc2C1C. The molecule has 2 nitrogen and oxygen atoms in total. The van der Waals surface area contributed by atoms with Gasteiger partial charge < -0.3 is 5.73 Å². The average molecular weight is 278 g/mol. The minimum absolute atomic E-state index is 0.272. The van der Waals surface area contributed by atoms with Gasteiger partial charge in [0.05, 0.1) is 0 Å². The van der Waals surface area contributed by atoms with Crippen LogP contribution >= 0.6 is 11.3 Å². The molecular formula is C16H26N2S. The largest absolute Gasteiger partial charge is 0.329 e. The summed E-state index contributed by atoms with van der Waals surface area (Å²) in [4.78, 5) is 4.35. The maximum Gasteiger partial charge on any atom is 0.0365 e. The highest BCUT2D eigenvalue weighted by molar-refractivity contribution is 7.10. The maximum atomic E-state index is 6.28. The molecule has 2 aliphatic rings. The van der Waals surface area contributed by atoms with Crippen LogP contribution in [0, 0.1) is 5.92 Å². The molecule has 1 fully saturated rings. The molecule has 0 spiro atoms. The van der Waals surface area contributed by atoms with Crippen LogP contribution in [0.1, 0.15) is 56.0 Å². The van der Waals surface area contributed by atoms with Crippen LogP contribution in [0.5, 0.6) is 0 Å². The predicted molar refractivity (Wildman–Crippen MR) is 82.6 cm³/mol. The summed E-state index contributed by atoms with van der Waals surface area (Å²) in [5.41, 5.74) is 8.12. The van der Waals surface area contributed by atoms with Crippen LogP contribution in [-0.2, 0) is 6.42 Å². The summed E-state index contributed by atoms with van der Waals surface area (Å²) in [6.45, 7) is 6.75. The van der Waals surface area contributed by atoms with Gasteiger partial charge in [-0.2, -0.15) is 0 Å². The van der Waals surface area contributed by atoms with Crippen LogP contribution in [0.3, 0.4) is 0 Å². The van der Waals surface area contributed by atoms with E-state index in [9.17, 15) is 0 Å². The van der Waals surface area contributed by atoms with Crippen molar-refractivity contribution in [2.75, 3.05) is 13.1 Å². The number of hydrogen-bond acceptors (Lipinski definition) is 3. The van der Waals surface area contributed by atoms with Crippen molar-refractivity contribution in [2.24, 2.45) is 11.7 Å². The molecule has 0 saturated heterocycles. The fourth-order valence-corrected chi connectivity index (χ4v) is 5.56. The first-order valence-corrected chi connectivity index (χ1v) is 8.64. The minimum atomic E-state index is 0.272. The molecule has 0 aromatic carbocycles. The van der Waals surface area contributed by atoms with Gasteiger partial charge in [0.2, 0.25) is 0 Å². The molecule has 0 amide bonds. The zero-order chi connectivity index (χ0) is 13.5. The molecule has 1 saturated carbocycles. The van der Waals surface area contributed by atoms with Gasteiger partial charge in [-0.3, -0.25) is 4.90 Å². The molecular weight excluding hydrogens is 252 g/mol. The van der Waals surface area contributed by atoms with Crippen LogP contribution in [0.4, 0.5) is 0 Å². The smallest absolute Gasteiger partial charge is 0.0365 e. The molecule has 0 radical (unpaired) electrons. The molecule has 19 heavy (non-hydrogen) atoms. The van der Waals surface area contributed by atoms with Gasteiger partial charge >= 0.3 is 0 Å². The second kappa shape index (κ2) is 5.19. The first kappa shape index (κ1) is 13.6. The number of thiophene rings is 1. The molecule has 2 heterocycles. The quantitative estimate of drug-likeness (QED) is 0.916. The molecule has 2 N–H and O–H groups in total. The van der Waals surface area contributed by atoms with Crippen LogP contribution in [0.15, 0.2) is 11.4 Å². The van der Waals surface area contributed by atoms with E-state index in [0.717, 1.165) is 12.5 Å². The lowest BCUT2D eigenvalue weighted by Crippen LogP contribution is -2.58. The molecule has 0 bridgehead atoms. The van der Waals surface area contributed by atoms with E-state index in [0.29, 0.717) is 6.04 Å². The Morgan fingerprint density at radius 3 is 3.11 bits per heavy atom. The highest BCUT2D eigenvalue weighted by Gasteiger charge is 2.48. The lowest BCUT2D eigenvalue weighted by molar-refractivity contribution is 0.0163. The fraction of sp³-hybridized carbons (Fsp3) is 0.750. The van der Waals surface area contributed by atoms with Gasteiger partial charge in [-0.25, -0.2) is 0 Å². The van der Waals surface area contributed by atoms with Gasteiger partial charge in [-0.15, -0.1) is 11.3 Å². The van der Waals surface area contributed by atoms with Gasteiger partial charge in [0.1, 0.15) is 0 Å². The summed E-state index contributed by atoms with van der Waals surface area (Å²) in [7, 11) is 0. The van der Waals surface area contributed by atoms with Crippen LogP contribution in [0.2, 0.25) is 0 Å². The highest BCUT2D eigenvalue weighted by Crippen LogP contribution is 2.47. The Kier molecular flexibility index (Phi) is 3.71. The second-order valence-corrected chi connectivity index (χ2v) is 7.22. The number of fused-ring (bicyclic) bond motifs is 1. The summed E-state index contributed by atoms with van der Waals surface area (Å²) < 4.78 is 0. The molecule has 3 unspecified atom stereocenters. The van der Waals surface area contributed by atoms with Crippen LogP contribution < -0.4 is 5.73 Å². The summed E-state index contributed by atoms with van der Waals surface area (Å²) in [6.07, 6.45) is 6.51. The predicted octanol–water partition coefficient (Wildman–Crippen LogP) is 3.57. The lowest BCUT2D eigenvalue weighted by atomic mass is 9.80. The molecule has 1 aromatic rings. The summed E-state index contributed by atoms with van der Waals surface area (Å²) in [5.74, 6) is 0.792. The first-order valence-electron chi connectivity index (χ1n) is 7.76. The molecule has 1 aliphatic carbocycles. The minimum Gasteiger partial charge on any atom is -0.329 e. The Balaban J connectivity index is 1.93. The Morgan fingerprint density at radius 1 is 1.53 bits per heavy atom. The highest BCUT2D eigenvalue weighted by atomic mass is 32.1. The third kappa shape index (κ3) is 1.98. The third-order valence-electron chi connectivity index (χ3n) is 5.62. The molecule has 1 aliphatic heterocycles. The Bertz CT molecular complexity index is 442. The van der Waals surface area contributed by atoms with Gasteiger partial charge in [-0.1, -0.05) is 19.8 Å². The van der Waals surface area contributed by atoms with Crippen LogP contribution in [-0.4, -0.2) is 23.5 Å². The number of rotatable bonds is 3. The average Bonchev–Trinajstić information content (AvgIpc) is 3.05. The lowest BCUT2D eigenvalue weighted by Gasteiger charge is -2.50. The van der Waals surface area contributed by atoms with E-state index in [2.05, 4.69) is 30.2 Å². The van der Waals surface area contributed by atoms with E-state index in [4.69, 9.17) is 5.73 Å². The van der Waals surface area contributed by atoms with Crippen molar-refractivity contribution in [2.45, 2.75) is 57.5 Å². The summed E-state index contributed by atoms with van der Waals surface area (Å²) >= 11 is 1.93. The second-order valence-electron chi connectivity index (χ2n) is 6.22. The Hall–Kier alpha value is -0.380. The topological polar surface area (TPSA) is 29.3 Å². The summed E-state index contributed by atoms with van der Waals surface area (Å²) in [5, 5.41) is 2.26. The van der Waals surface area contributed by atoms with Crippen molar-refractivity contribution in [3.8, 4) is 0 Å². The van der Waals surface area contributed by atoms with E-state index in [1.165, 1.54) is 38.6 Å². The van der Waals surface area contributed by atoms with Crippen molar-refractivity contribution in [3.05, 3.63) is 21.9 Å². The van der Waals surface area contributed by atoms with Gasteiger partial charge in [0.25, 0.3) is 0 Å². The Labute approximate surface area is 121 Å². The van der Waals surface area contributed by atoms with E-state index >= 15 is 0 Å². The number of hydrogen-bond donors (Lipinski definition) is 1. The van der Waals surface area contributed by atoms with E-state index in [1.54, 1.807) is 10.4 Å². The zero-order valence-electron chi connectivity index (χ0n) is 12.2. The standard InChI is InChI=1S/C16H26N2S/c1-3-13-5-4-8-16(13,11-17)18-9-6-15-14(12(18)2)7-10-19-15/h7,10,12-13H,3-6,8-9,11,17H2,1-2H3. The third-order valence-corrected chi connectivity index (χ3v) is 6.61. The zero-order valence-corrected chi connectivity index (χ0v) is 13.0. The molecule has 3 rings (SSSR count). The Morgan fingerprint density at radius 2 is 2.37 bits per heavy atom. The van der Waals surface area contributed by atoms with Gasteiger partial charge in [0, 0.05) is 29.5 Å². The van der Waals surface area contributed by atoms with Crippen molar-refractivity contribution >= 4 is 11.3 Å². The van der Waals surface area contributed by atoms with Crippen molar-refractivity contribution in [3.63, 3.8) is 0 Å². The first-order chi connectivity index (χ1) is 9.23. The van der Waals surface area contributed by atoms with Crippen molar-refractivity contribution in [1.29, 1.82) is 0 Å². The molecule has 106 valence electrons. The normalized spacial score (nSPS) is 35.5. The van der Waals surface area contributed by atoms with Crippen molar-refractivity contribution in [1.82, 2.24) is 4.90 Å². The maximum absolute atomic E-state index is 6.28. The molecule has 3 heteroatoms. The van der Waals surface area contributed by atoms with Gasteiger partial charge in [-0.05, 0) is 49.1 Å². The van der Waals surface area contributed by atoms with E-state index in [-0.39, 0.29) is 5.54 Å². The molecule has 1 aromatic heterocycles. The van der Waals surface area contributed by atoms with Crippen molar-refractivity contribution < 1.29 is 0 Å². The number of nitrogens with two attached hydrogens (primary N) is 1. The van der Waals surface area contributed by atoms with Gasteiger partial charge in [0.15, 0.2) is 0 Å².